The first-order valence-corrected chi connectivity index (χ1v) is 11.5. The van der Waals surface area contributed by atoms with E-state index in [9.17, 15) is 13.2 Å². The van der Waals surface area contributed by atoms with Crippen molar-refractivity contribution in [2.45, 2.75) is 17.9 Å². The highest BCUT2D eigenvalue weighted by atomic mass is 35.5. The highest BCUT2D eigenvalue weighted by Crippen LogP contribution is 2.20. The van der Waals surface area contributed by atoms with E-state index in [4.69, 9.17) is 27.6 Å². The van der Waals surface area contributed by atoms with E-state index in [0.29, 0.717) is 28.6 Å². The molecule has 0 saturated heterocycles. The highest BCUT2D eigenvalue weighted by Gasteiger charge is 2.19. The van der Waals surface area contributed by atoms with Gasteiger partial charge >= 0.3 is 0 Å². The van der Waals surface area contributed by atoms with Crippen LogP contribution in [0.15, 0.2) is 65.1 Å². The summed E-state index contributed by atoms with van der Waals surface area (Å²) in [5.41, 5.74) is 1.57. The number of hydrogen-bond donors (Lipinski definition) is 1. The zero-order valence-electron chi connectivity index (χ0n) is 15.4. The van der Waals surface area contributed by atoms with Gasteiger partial charge in [-0.15, -0.1) is 0 Å². The van der Waals surface area contributed by atoms with Gasteiger partial charge in [-0.3, -0.25) is 4.79 Å². The third-order valence-electron chi connectivity index (χ3n) is 4.19. The topological polar surface area (TPSA) is 76.4 Å². The fraction of sp³-hybridized carbons (Fsp3) is 0.190. The Hall–Kier alpha value is -2.28. The van der Waals surface area contributed by atoms with E-state index in [1.807, 2.05) is 12.1 Å². The molecule has 29 heavy (non-hydrogen) atoms. The second kappa shape index (κ2) is 9.48. The van der Waals surface area contributed by atoms with Crippen LogP contribution < -0.4 is 5.32 Å². The number of sulfone groups is 1. The number of amides is 1. The molecule has 152 valence electrons. The molecule has 1 amide bonds. The van der Waals surface area contributed by atoms with Gasteiger partial charge in [-0.05, 0) is 47.9 Å². The Balaban J connectivity index is 1.54. The summed E-state index contributed by atoms with van der Waals surface area (Å²) in [4.78, 5) is 12.2. The van der Waals surface area contributed by atoms with Crippen LogP contribution in [0.4, 0.5) is 0 Å². The van der Waals surface area contributed by atoms with Gasteiger partial charge in [0.25, 0.3) is 5.91 Å². The first-order chi connectivity index (χ1) is 13.8. The number of halogens is 2. The lowest BCUT2D eigenvalue weighted by molar-refractivity contribution is 0.0925. The number of hydrogen-bond acceptors (Lipinski definition) is 4. The fourth-order valence-electron chi connectivity index (χ4n) is 2.76. The van der Waals surface area contributed by atoms with Gasteiger partial charge < -0.3 is 9.73 Å². The van der Waals surface area contributed by atoms with Crippen molar-refractivity contribution < 1.29 is 17.6 Å². The van der Waals surface area contributed by atoms with Gasteiger partial charge in [-0.25, -0.2) is 8.42 Å². The van der Waals surface area contributed by atoms with E-state index in [2.05, 4.69) is 5.32 Å². The number of carbonyl (C=O) groups is 1. The molecule has 1 aromatic heterocycles. The molecule has 0 unspecified atom stereocenters. The third-order valence-corrected chi connectivity index (χ3v) is 6.29. The van der Waals surface area contributed by atoms with E-state index in [0.717, 1.165) is 5.56 Å². The summed E-state index contributed by atoms with van der Waals surface area (Å²) in [6.45, 7) is 0.418. The predicted molar refractivity (Wildman–Crippen MR) is 114 cm³/mol. The summed E-state index contributed by atoms with van der Waals surface area (Å²) in [6.07, 6.45) is 0.642. The van der Waals surface area contributed by atoms with E-state index in [1.165, 1.54) is 12.1 Å². The van der Waals surface area contributed by atoms with Crippen molar-refractivity contribution in [1.82, 2.24) is 5.32 Å². The second-order valence-corrected chi connectivity index (χ2v) is 9.43. The molecule has 3 rings (SSSR count). The van der Waals surface area contributed by atoms with Gasteiger partial charge in [0.1, 0.15) is 11.5 Å². The molecule has 0 aliphatic rings. The Morgan fingerprint density at radius 3 is 2.38 bits per heavy atom. The molecule has 0 bridgehead atoms. The molecule has 5 nitrogen and oxygen atoms in total. The van der Waals surface area contributed by atoms with Crippen LogP contribution in [0.3, 0.4) is 0 Å². The molecular weight excluding hydrogens is 433 g/mol. The van der Waals surface area contributed by atoms with Crippen molar-refractivity contribution in [3.8, 4) is 0 Å². The smallest absolute Gasteiger partial charge is 0.287 e. The molecule has 0 radical (unpaired) electrons. The van der Waals surface area contributed by atoms with Gasteiger partial charge in [0, 0.05) is 16.6 Å². The average molecular weight is 452 g/mol. The Morgan fingerprint density at radius 2 is 1.66 bits per heavy atom. The van der Waals surface area contributed by atoms with Crippen molar-refractivity contribution in [3.63, 3.8) is 0 Å². The predicted octanol–water partition coefficient (Wildman–Crippen LogP) is 4.67. The molecule has 0 aliphatic carbocycles. The van der Waals surface area contributed by atoms with Crippen LogP contribution in [0.2, 0.25) is 10.0 Å². The summed E-state index contributed by atoms with van der Waals surface area (Å²) in [5.74, 6) is -0.621. The minimum Gasteiger partial charge on any atom is -0.455 e. The Labute approximate surface area is 179 Å². The summed E-state index contributed by atoms with van der Waals surface area (Å²) in [7, 11) is -3.50. The highest BCUT2D eigenvalue weighted by molar-refractivity contribution is 7.89. The van der Waals surface area contributed by atoms with Gasteiger partial charge in [-0.2, -0.15) is 0 Å². The lowest BCUT2D eigenvalue weighted by Crippen LogP contribution is -2.25. The maximum Gasteiger partial charge on any atom is 0.287 e. The fourth-order valence-corrected chi connectivity index (χ4v) is 4.58. The zero-order valence-corrected chi connectivity index (χ0v) is 17.7. The van der Waals surface area contributed by atoms with Crippen molar-refractivity contribution in [1.29, 1.82) is 0 Å². The van der Waals surface area contributed by atoms with Crippen LogP contribution in [0, 0.1) is 0 Å². The molecule has 1 heterocycles. The molecule has 3 aromatic rings. The summed E-state index contributed by atoms with van der Waals surface area (Å²) < 4.78 is 30.3. The van der Waals surface area contributed by atoms with Crippen molar-refractivity contribution in [2.24, 2.45) is 0 Å². The molecule has 1 N–H and O–H groups in total. The van der Waals surface area contributed by atoms with Crippen LogP contribution in [0.25, 0.3) is 0 Å². The molecular formula is C21H19Cl2NO4S. The molecule has 2 aromatic carbocycles. The second-order valence-electron chi connectivity index (χ2n) is 6.52. The van der Waals surface area contributed by atoms with Crippen LogP contribution in [0.1, 0.15) is 27.4 Å². The number of nitrogens with one attached hydrogen (secondary N) is 1. The zero-order chi connectivity index (χ0) is 20.9. The van der Waals surface area contributed by atoms with Crippen LogP contribution >= 0.6 is 23.2 Å². The SMILES string of the molecule is O=C(NCCc1ccc(Cl)cc1)c1ccc(CS(=O)(=O)Cc2ccccc2Cl)o1. The van der Waals surface area contributed by atoms with Crippen molar-refractivity contribution >= 4 is 38.9 Å². The summed E-state index contributed by atoms with van der Waals surface area (Å²) >= 11 is 11.9. The minimum atomic E-state index is -3.50. The van der Waals surface area contributed by atoms with E-state index in [-0.39, 0.29) is 23.0 Å². The first kappa shape index (κ1) is 21.4. The van der Waals surface area contributed by atoms with Crippen LogP contribution in [-0.4, -0.2) is 20.9 Å². The normalized spacial score (nSPS) is 11.4. The van der Waals surface area contributed by atoms with E-state index < -0.39 is 15.7 Å². The van der Waals surface area contributed by atoms with E-state index in [1.54, 1.807) is 36.4 Å². The third kappa shape index (κ3) is 6.35. The maximum absolute atomic E-state index is 12.4. The molecule has 0 saturated carbocycles. The lowest BCUT2D eigenvalue weighted by atomic mass is 10.1. The number of benzene rings is 2. The summed E-state index contributed by atoms with van der Waals surface area (Å²) in [5, 5.41) is 3.81. The Morgan fingerprint density at radius 1 is 0.931 bits per heavy atom. The number of carbonyl (C=O) groups excluding carboxylic acids is 1. The quantitative estimate of drug-likeness (QED) is 0.539. The molecule has 0 aliphatic heterocycles. The van der Waals surface area contributed by atoms with Crippen molar-refractivity contribution in [3.05, 3.63) is 93.4 Å². The van der Waals surface area contributed by atoms with E-state index >= 15 is 0 Å². The Kier molecular flexibility index (Phi) is 7.00. The van der Waals surface area contributed by atoms with Gasteiger partial charge in [-0.1, -0.05) is 53.5 Å². The monoisotopic (exact) mass is 451 g/mol. The maximum atomic E-state index is 12.4. The van der Waals surface area contributed by atoms with Crippen LogP contribution in [0.5, 0.6) is 0 Å². The van der Waals surface area contributed by atoms with Gasteiger partial charge in [0.2, 0.25) is 0 Å². The largest absolute Gasteiger partial charge is 0.455 e. The average Bonchev–Trinajstić information content (AvgIpc) is 3.13. The molecule has 0 fully saturated rings. The van der Waals surface area contributed by atoms with Crippen molar-refractivity contribution in [2.75, 3.05) is 6.54 Å². The van der Waals surface area contributed by atoms with Crippen LogP contribution in [-0.2, 0) is 27.8 Å². The number of rotatable bonds is 8. The Bertz CT molecular complexity index is 1090. The standard InChI is InChI=1S/C21H19Cl2NO4S/c22-17-7-5-15(6-8-17)11-12-24-21(25)20-10-9-18(28-20)14-29(26,27)13-16-3-1-2-4-19(16)23/h1-10H,11-14H2,(H,24,25). The minimum absolute atomic E-state index is 0.0732. The van der Waals surface area contributed by atoms with Gasteiger partial charge in [0.15, 0.2) is 15.6 Å². The molecule has 8 heteroatoms. The summed E-state index contributed by atoms with van der Waals surface area (Å²) in [6, 6.07) is 17.1. The number of furan rings is 1. The first-order valence-electron chi connectivity index (χ1n) is 8.87. The molecule has 0 atom stereocenters. The molecule has 0 spiro atoms. The van der Waals surface area contributed by atoms with Gasteiger partial charge in [0.05, 0.1) is 5.75 Å². The lowest BCUT2D eigenvalue weighted by Gasteiger charge is -2.05.